The van der Waals surface area contributed by atoms with Gasteiger partial charge in [-0.15, -0.1) is 0 Å². The standard InChI is InChI=1S/C17H15IO3/c1-20-16-10-8-13(11-17(16)21-2)15(19)9-7-12-5-3-4-6-14(12)18/h3-11H,1-2H3/b9-7+. The van der Waals surface area contributed by atoms with Crippen molar-refractivity contribution in [3.63, 3.8) is 0 Å². The van der Waals surface area contributed by atoms with Gasteiger partial charge in [0.1, 0.15) is 0 Å². The summed E-state index contributed by atoms with van der Waals surface area (Å²) in [7, 11) is 3.12. The molecule has 0 atom stereocenters. The van der Waals surface area contributed by atoms with Crippen LogP contribution in [0, 0.1) is 3.57 Å². The van der Waals surface area contributed by atoms with Crippen LogP contribution in [0.4, 0.5) is 0 Å². The second-order valence-corrected chi connectivity index (χ2v) is 5.45. The van der Waals surface area contributed by atoms with Crippen molar-refractivity contribution >= 4 is 34.5 Å². The van der Waals surface area contributed by atoms with Crippen LogP contribution in [0.5, 0.6) is 11.5 Å². The lowest BCUT2D eigenvalue weighted by molar-refractivity contribution is 0.104. The fraction of sp³-hybridized carbons (Fsp3) is 0.118. The van der Waals surface area contributed by atoms with E-state index in [1.165, 1.54) is 0 Å². The molecule has 4 heteroatoms. The molecule has 0 fully saturated rings. The van der Waals surface area contributed by atoms with E-state index in [-0.39, 0.29) is 5.78 Å². The average Bonchev–Trinajstić information content (AvgIpc) is 2.53. The van der Waals surface area contributed by atoms with Crippen LogP contribution < -0.4 is 9.47 Å². The van der Waals surface area contributed by atoms with Crippen molar-refractivity contribution in [2.24, 2.45) is 0 Å². The number of hydrogen-bond acceptors (Lipinski definition) is 3. The average molecular weight is 394 g/mol. The van der Waals surface area contributed by atoms with Gasteiger partial charge in [-0.2, -0.15) is 0 Å². The zero-order chi connectivity index (χ0) is 15.2. The number of rotatable bonds is 5. The van der Waals surface area contributed by atoms with E-state index in [1.807, 2.05) is 30.3 Å². The smallest absolute Gasteiger partial charge is 0.185 e. The lowest BCUT2D eigenvalue weighted by atomic mass is 10.1. The Bertz CT molecular complexity index is 677. The Balaban J connectivity index is 2.23. The molecule has 0 heterocycles. The fourth-order valence-electron chi connectivity index (χ4n) is 1.86. The first-order chi connectivity index (χ1) is 10.2. The van der Waals surface area contributed by atoms with E-state index < -0.39 is 0 Å². The summed E-state index contributed by atoms with van der Waals surface area (Å²) in [4.78, 5) is 12.2. The molecule has 0 amide bonds. The van der Waals surface area contributed by atoms with Gasteiger partial charge in [0.15, 0.2) is 17.3 Å². The van der Waals surface area contributed by atoms with Gasteiger partial charge in [-0.25, -0.2) is 0 Å². The molecule has 108 valence electrons. The summed E-state index contributed by atoms with van der Waals surface area (Å²) in [5.41, 5.74) is 1.58. The maximum atomic E-state index is 12.2. The molecule has 0 aliphatic heterocycles. The molecule has 3 nitrogen and oxygen atoms in total. The number of ketones is 1. The predicted molar refractivity (Wildman–Crippen MR) is 92.1 cm³/mol. The molecule has 21 heavy (non-hydrogen) atoms. The highest BCUT2D eigenvalue weighted by Crippen LogP contribution is 2.27. The molecule has 2 aromatic carbocycles. The summed E-state index contributed by atoms with van der Waals surface area (Å²) in [5.74, 6) is 1.08. The predicted octanol–water partition coefficient (Wildman–Crippen LogP) is 4.20. The molecule has 0 radical (unpaired) electrons. The van der Waals surface area contributed by atoms with Crippen molar-refractivity contribution < 1.29 is 14.3 Å². The lowest BCUT2D eigenvalue weighted by Crippen LogP contribution is -1.97. The summed E-state index contributed by atoms with van der Waals surface area (Å²) in [6.07, 6.45) is 3.39. The van der Waals surface area contributed by atoms with Crippen LogP contribution in [0.1, 0.15) is 15.9 Å². The molecular formula is C17H15IO3. The second-order valence-electron chi connectivity index (χ2n) is 4.29. The Hall–Kier alpha value is -1.82. The highest BCUT2D eigenvalue weighted by molar-refractivity contribution is 14.1. The summed E-state index contributed by atoms with van der Waals surface area (Å²) in [6, 6.07) is 13.0. The minimum absolute atomic E-state index is 0.0735. The Morgan fingerprint density at radius 1 is 1.05 bits per heavy atom. The molecular weight excluding hydrogens is 379 g/mol. The first-order valence-electron chi connectivity index (χ1n) is 6.34. The number of allylic oxidation sites excluding steroid dienone is 1. The van der Waals surface area contributed by atoms with Crippen LogP contribution in [-0.2, 0) is 0 Å². The molecule has 0 saturated heterocycles. The maximum Gasteiger partial charge on any atom is 0.185 e. The van der Waals surface area contributed by atoms with Crippen LogP contribution in [-0.4, -0.2) is 20.0 Å². The first-order valence-corrected chi connectivity index (χ1v) is 7.42. The van der Waals surface area contributed by atoms with Crippen molar-refractivity contribution in [2.75, 3.05) is 14.2 Å². The first kappa shape index (κ1) is 15.6. The number of halogens is 1. The van der Waals surface area contributed by atoms with Gasteiger partial charge in [0.2, 0.25) is 0 Å². The van der Waals surface area contributed by atoms with Crippen LogP contribution in [0.15, 0.2) is 48.5 Å². The fourth-order valence-corrected chi connectivity index (χ4v) is 2.43. The van der Waals surface area contributed by atoms with E-state index in [1.54, 1.807) is 38.5 Å². The number of ether oxygens (including phenoxy) is 2. The molecule has 0 aromatic heterocycles. The Morgan fingerprint density at radius 2 is 1.76 bits per heavy atom. The van der Waals surface area contributed by atoms with Crippen LogP contribution in [0.2, 0.25) is 0 Å². The molecule has 0 spiro atoms. The minimum Gasteiger partial charge on any atom is -0.493 e. The molecule has 0 bridgehead atoms. The topological polar surface area (TPSA) is 35.5 Å². The number of carbonyl (C=O) groups is 1. The van der Waals surface area contributed by atoms with E-state index in [2.05, 4.69) is 22.6 Å². The van der Waals surface area contributed by atoms with Gasteiger partial charge in [-0.3, -0.25) is 4.79 Å². The van der Waals surface area contributed by atoms with Crippen LogP contribution in [0.3, 0.4) is 0 Å². The van der Waals surface area contributed by atoms with Gasteiger partial charge in [-0.1, -0.05) is 24.3 Å². The summed E-state index contributed by atoms with van der Waals surface area (Å²) >= 11 is 2.24. The highest BCUT2D eigenvalue weighted by Gasteiger charge is 2.08. The van der Waals surface area contributed by atoms with Gasteiger partial charge in [0.05, 0.1) is 14.2 Å². The second kappa shape index (κ2) is 7.26. The molecule has 0 aliphatic carbocycles. The largest absolute Gasteiger partial charge is 0.493 e. The van der Waals surface area contributed by atoms with Gasteiger partial charge >= 0.3 is 0 Å². The number of hydrogen-bond donors (Lipinski definition) is 0. The Morgan fingerprint density at radius 3 is 2.43 bits per heavy atom. The molecule has 2 aromatic rings. The van der Waals surface area contributed by atoms with E-state index in [9.17, 15) is 4.79 Å². The Labute approximate surface area is 137 Å². The van der Waals surface area contributed by atoms with E-state index in [0.29, 0.717) is 17.1 Å². The number of benzene rings is 2. The van der Waals surface area contributed by atoms with Crippen molar-refractivity contribution in [2.45, 2.75) is 0 Å². The van der Waals surface area contributed by atoms with E-state index >= 15 is 0 Å². The number of methoxy groups -OCH3 is 2. The van der Waals surface area contributed by atoms with Crippen molar-refractivity contribution in [1.29, 1.82) is 0 Å². The molecule has 0 N–H and O–H groups in total. The molecule has 0 unspecified atom stereocenters. The molecule has 0 saturated carbocycles. The minimum atomic E-state index is -0.0735. The molecule has 0 aliphatic rings. The third kappa shape index (κ3) is 3.85. The van der Waals surface area contributed by atoms with Crippen molar-refractivity contribution in [1.82, 2.24) is 0 Å². The summed E-state index contributed by atoms with van der Waals surface area (Å²) in [5, 5.41) is 0. The normalized spacial score (nSPS) is 10.6. The zero-order valence-corrected chi connectivity index (χ0v) is 14.0. The van der Waals surface area contributed by atoms with Crippen molar-refractivity contribution in [3.8, 4) is 11.5 Å². The highest BCUT2D eigenvalue weighted by atomic mass is 127. The maximum absolute atomic E-state index is 12.2. The third-order valence-corrected chi connectivity index (χ3v) is 3.97. The van der Waals surface area contributed by atoms with Crippen LogP contribution >= 0.6 is 22.6 Å². The lowest BCUT2D eigenvalue weighted by Gasteiger charge is -2.08. The van der Waals surface area contributed by atoms with E-state index in [4.69, 9.17) is 9.47 Å². The summed E-state index contributed by atoms with van der Waals surface area (Å²) < 4.78 is 11.5. The van der Waals surface area contributed by atoms with Gasteiger partial charge < -0.3 is 9.47 Å². The molecule has 2 rings (SSSR count). The van der Waals surface area contributed by atoms with Gasteiger partial charge in [0.25, 0.3) is 0 Å². The monoisotopic (exact) mass is 394 g/mol. The van der Waals surface area contributed by atoms with Gasteiger partial charge in [0, 0.05) is 9.13 Å². The third-order valence-electron chi connectivity index (χ3n) is 2.99. The van der Waals surface area contributed by atoms with E-state index in [0.717, 1.165) is 9.13 Å². The quantitative estimate of drug-likeness (QED) is 0.433. The van der Waals surface area contributed by atoms with Crippen molar-refractivity contribution in [3.05, 3.63) is 63.2 Å². The Kier molecular flexibility index (Phi) is 5.38. The van der Waals surface area contributed by atoms with Crippen LogP contribution in [0.25, 0.3) is 6.08 Å². The summed E-state index contributed by atoms with van der Waals surface area (Å²) in [6.45, 7) is 0. The SMILES string of the molecule is COc1ccc(C(=O)/C=C/c2ccccc2I)cc1OC. The van der Waals surface area contributed by atoms with Gasteiger partial charge in [-0.05, 0) is 58.5 Å². The number of carbonyl (C=O) groups excluding carboxylic acids is 1. The zero-order valence-electron chi connectivity index (χ0n) is 11.8.